The summed E-state index contributed by atoms with van der Waals surface area (Å²) in [6.07, 6.45) is 3.89. The number of halogens is 2. The maximum Gasteiger partial charge on any atom is 0.0639 e. The van der Waals surface area contributed by atoms with Gasteiger partial charge in [0.2, 0.25) is 0 Å². The van der Waals surface area contributed by atoms with Gasteiger partial charge in [-0.1, -0.05) is 43.5 Å². The number of hydrogen-bond donors (Lipinski definition) is 0. The first kappa shape index (κ1) is 10.8. The quantitative estimate of drug-likeness (QED) is 0.737. The van der Waals surface area contributed by atoms with Gasteiger partial charge in [-0.15, -0.1) is 0 Å². The predicted octanol–water partition coefficient (Wildman–Crippen LogP) is 4.29. The van der Waals surface area contributed by atoms with Crippen LogP contribution in [0.2, 0.25) is 10.0 Å². The number of hydrogen-bond acceptors (Lipinski definition) is 1. The van der Waals surface area contributed by atoms with Crippen molar-refractivity contribution in [1.29, 1.82) is 0 Å². The van der Waals surface area contributed by atoms with E-state index in [9.17, 15) is 0 Å². The Balaban J connectivity index is 2.88. The SMILES string of the molecule is CCCC(C)c1ncc(Cl)cc1Cl. The summed E-state index contributed by atoms with van der Waals surface area (Å²) in [4.78, 5) is 4.23. The largest absolute Gasteiger partial charge is 0.258 e. The molecule has 1 unspecified atom stereocenters. The van der Waals surface area contributed by atoms with Gasteiger partial charge in [0.15, 0.2) is 0 Å². The Kier molecular flexibility index (Phi) is 4.01. The van der Waals surface area contributed by atoms with Gasteiger partial charge in [0.1, 0.15) is 0 Å². The molecule has 0 saturated carbocycles. The highest BCUT2D eigenvalue weighted by atomic mass is 35.5. The van der Waals surface area contributed by atoms with Crippen LogP contribution in [0.1, 0.15) is 38.3 Å². The standard InChI is InChI=1S/C10H13Cl2N/c1-3-4-7(2)10-9(12)5-8(11)6-13-10/h5-7H,3-4H2,1-2H3. The third-order valence-corrected chi connectivity index (χ3v) is 2.53. The van der Waals surface area contributed by atoms with Crippen molar-refractivity contribution in [3.05, 3.63) is 28.0 Å². The average Bonchev–Trinajstić information content (AvgIpc) is 2.04. The molecule has 0 aliphatic carbocycles. The number of pyridine rings is 1. The highest BCUT2D eigenvalue weighted by molar-refractivity contribution is 6.34. The molecular weight excluding hydrogens is 205 g/mol. The molecule has 1 aromatic heterocycles. The van der Waals surface area contributed by atoms with Crippen molar-refractivity contribution in [2.24, 2.45) is 0 Å². The number of rotatable bonds is 3. The fourth-order valence-corrected chi connectivity index (χ4v) is 1.92. The summed E-state index contributed by atoms with van der Waals surface area (Å²) in [6, 6.07) is 1.75. The van der Waals surface area contributed by atoms with E-state index in [1.807, 2.05) is 0 Å². The molecule has 0 aromatic carbocycles. The Bertz CT molecular complexity index is 286. The molecule has 0 N–H and O–H groups in total. The van der Waals surface area contributed by atoms with Crippen LogP contribution in [0.15, 0.2) is 12.3 Å². The first-order valence-electron chi connectivity index (χ1n) is 4.46. The minimum atomic E-state index is 0.412. The van der Waals surface area contributed by atoms with Gasteiger partial charge in [0, 0.05) is 6.20 Å². The minimum Gasteiger partial charge on any atom is -0.258 e. The molecule has 1 heterocycles. The maximum absolute atomic E-state index is 6.01. The van der Waals surface area contributed by atoms with Gasteiger partial charge in [-0.2, -0.15) is 0 Å². The van der Waals surface area contributed by atoms with Crippen LogP contribution in [0.3, 0.4) is 0 Å². The van der Waals surface area contributed by atoms with Gasteiger partial charge < -0.3 is 0 Å². The third kappa shape index (κ3) is 2.85. The topological polar surface area (TPSA) is 12.9 Å². The van der Waals surface area contributed by atoms with Crippen LogP contribution in [0, 0.1) is 0 Å². The van der Waals surface area contributed by atoms with Crippen molar-refractivity contribution in [1.82, 2.24) is 4.98 Å². The van der Waals surface area contributed by atoms with Crippen LogP contribution in [0.5, 0.6) is 0 Å². The van der Waals surface area contributed by atoms with Gasteiger partial charge in [0.25, 0.3) is 0 Å². The van der Waals surface area contributed by atoms with E-state index < -0.39 is 0 Å². The summed E-state index contributed by atoms with van der Waals surface area (Å²) in [5.74, 6) is 0.412. The third-order valence-electron chi connectivity index (χ3n) is 2.02. The fraction of sp³-hybridized carbons (Fsp3) is 0.500. The summed E-state index contributed by atoms with van der Waals surface area (Å²) in [7, 11) is 0. The van der Waals surface area contributed by atoms with E-state index in [2.05, 4.69) is 18.8 Å². The summed E-state index contributed by atoms with van der Waals surface area (Å²) in [5, 5.41) is 1.27. The molecule has 0 fully saturated rings. The minimum absolute atomic E-state index is 0.412. The van der Waals surface area contributed by atoms with Crippen LogP contribution in [-0.4, -0.2) is 4.98 Å². The highest BCUT2D eigenvalue weighted by Crippen LogP contribution is 2.27. The molecule has 0 spiro atoms. The van der Waals surface area contributed by atoms with Gasteiger partial charge >= 0.3 is 0 Å². The molecule has 1 atom stereocenters. The van der Waals surface area contributed by atoms with Crippen LogP contribution in [-0.2, 0) is 0 Å². The van der Waals surface area contributed by atoms with Crippen molar-refractivity contribution in [3.8, 4) is 0 Å². The van der Waals surface area contributed by atoms with E-state index >= 15 is 0 Å². The molecule has 0 aliphatic heterocycles. The molecule has 13 heavy (non-hydrogen) atoms. The predicted molar refractivity (Wildman–Crippen MR) is 57.6 cm³/mol. The molecule has 0 saturated heterocycles. The van der Waals surface area contributed by atoms with E-state index in [4.69, 9.17) is 23.2 Å². The fourth-order valence-electron chi connectivity index (χ4n) is 1.36. The molecule has 1 nitrogen and oxygen atoms in total. The van der Waals surface area contributed by atoms with Crippen molar-refractivity contribution in [2.45, 2.75) is 32.6 Å². The van der Waals surface area contributed by atoms with E-state index in [1.54, 1.807) is 12.3 Å². The zero-order chi connectivity index (χ0) is 9.84. The molecular formula is C10H13Cl2N. The smallest absolute Gasteiger partial charge is 0.0639 e. The first-order valence-corrected chi connectivity index (χ1v) is 5.21. The van der Waals surface area contributed by atoms with Crippen molar-refractivity contribution < 1.29 is 0 Å². The lowest BCUT2D eigenvalue weighted by molar-refractivity contribution is 0.648. The Morgan fingerprint density at radius 2 is 2.15 bits per heavy atom. The molecule has 72 valence electrons. The molecule has 0 amide bonds. The Morgan fingerprint density at radius 3 is 2.69 bits per heavy atom. The normalized spacial score (nSPS) is 12.9. The van der Waals surface area contributed by atoms with Gasteiger partial charge in [-0.25, -0.2) is 0 Å². The van der Waals surface area contributed by atoms with Gasteiger partial charge in [-0.05, 0) is 18.4 Å². The monoisotopic (exact) mass is 217 g/mol. The zero-order valence-electron chi connectivity index (χ0n) is 7.85. The second kappa shape index (κ2) is 4.83. The Labute approximate surface area is 89.1 Å². The van der Waals surface area contributed by atoms with E-state index in [0.717, 1.165) is 18.5 Å². The van der Waals surface area contributed by atoms with Crippen molar-refractivity contribution >= 4 is 23.2 Å². The maximum atomic E-state index is 6.01. The van der Waals surface area contributed by atoms with Crippen LogP contribution < -0.4 is 0 Å². The molecule has 3 heteroatoms. The second-order valence-electron chi connectivity index (χ2n) is 3.21. The summed E-state index contributed by atoms with van der Waals surface area (Å²) >= 11 is 11.8. The second-order valence-corrected chi connectivity index (χ2v) is 4.05. The van der Waals surface area contributed by atoms with E-state index in [-0.39, 0.29) is 0 Å². The van der Waals surface area contributed by atoms with E-state index in [1.165, 1.54) is 0 Å². The molecule has 1 aromatic rings. The summed E-state index contributed by atoms with van der Waals surface area (Å²) < 4.78 is 0. The van der Waals surface area contributed by atoms with Crippen LogP contribution in [0.25, 0.3) is 0 Å². The molecule has 1 rings (SSSR count). The first-order chi connectivity index (χ1) is 6.15. The summed E-state index contributed by atoms with van der Waals surface area (Å²) in [5.41, 5.74) is 0.952. The van der Waals surface area contributed by atoms with Gasteiger partial charge in [-0.3, -0.25) is 4.98 Å². The Hall–Kier alpha value is -0.270. The van der Waals surface area contributed by atoms with Crippen molar-refractivity contribution in [2.75, 3.05) is 0 Å². The van der Waals surface area contributed by atoms with Gasteiger partial charge in [0.05, 0.1) is 15.7 Å². The molecule has 0 radical (unpaired) electrons. The average molecular weight is 218 g/mol. The molecule has 0 bridgehead atoms. The van der Waals surface area contributed by atoms with Crippen molar-refractivity contribution in [3.63, 3.8) is 0 Å². The number of nitrogens with zero attached hydrogens (tertiary/aromatic N) is 1. The van der Waals surface area contributed by atoms with Crippen LogP contribution >= 0.6 is 23.2 Å². The number of aromatic nitrogens is 1. The van der Waals surface area contributed by atoms with E-state index in [0.29, 0.717) is 16.0 Å². The Morgan fingerprint density at radius 1 is 1.46 bits per heavy atom. The lowest BCUT2D eigenvalue weighted by Gasteiger charge is -2.10. The lowest BCUT2D eigenvalue weighted by Crippen LogP contribution is -1.97. The molecule has 0 aliphatic rings. The van der Waals surface area contributed by atoms with Crippen LogP contribution in [0.4, 0.5) is 0 Å². The lowest BCUT2D eigenvalue weighted by atomic mass is 10.0. The zero-order valence-corrected chi connectivity index (χ0v) is 9.36. The summed E-state index contributed by atoms with van der Waals surface area (Å²) in [6.45, 7) is 4.28. The highest BCUT2D eigenvalue weighted by Gasteiger charge is 2.10.